The van der Waals surface area contributed by atoms with Gasteiger partial charge in [0.05, 0.1) is 21.7 Å². The second-order valence-corrected chi connectivity index (χ2v) is 6.49. The van der Waals surface area contributed by atoms with Crippen molar-refractivity contribution in [1.29, 1.82) is 0 Å². The summed E-state index contributed by atoms with van der Waals surface area (Å²) in [5.41, 5.74) is 3.36. The normalized spacial score (nSPS) is 11.2. The Morgan fingerprint density at radius 1 is 1.15 bits per heavy atom. The molecule has 0 saturated heterocycles. The summed E-state index contributed by atoms with van der Waals surface area (Å²) in [5, 5.41) is 7.29. The number of H-pyrrole nitrogens is 1. The molecule has 0 atom stereocenters. The van der Waals surface area contributed by atoms with E-state index in [4.69, 9.17) is 11.6 Å². The van der Waals surface area contributed by atoms with Crippen LogP contribution in [-0.2, 0) is 0 Å². The molecule has 0 aliphatic carbocycles. The Balaban J connectivity index is 1.79. The maximum atomic E-state index is 12.5. The number of aromatic amines is 1. The van der Waals surface area contributed by atoms with E-state index in [1.807, 2.05) is 38.1 Å². The summed E-state index contributed by atoms with van der Waals surface area (Å²) in [7, 11) is 0. The molecule has 7 nitrogen and oxygen atoms in total. The third kappa shape index (κ3) is 2.72. The molecule has 2 heterocycles. The Morgan fingerprint density at radius 3 is 2.65 bits per heavy atom. The highest BCUT2D eigenvalue weighted by Gasteiger charge is 2.17. The number of carbonyl (C=O) groups excluding carboxylic acids is 1. The number of anilines is 1. The summed E-state index contributed by atoms with van der Waals surface area (Å²) in [6.45, 7) is 3.83. The van der Waals surface area contributed by atoms with E-state index in [9.17, 15) is 9.59 Å². The number of nitrogens with zero attached hydrogens (tertiary/aromatic N) is 3. The van der Waals surface area contributed by atoms with Crippen molar-refractivity contribution in [3.8, 4) is 0 Å². The van der Waals surface area contributed by atoms with Crippen molar-refractivity contribution in [2.45, 2.75) is 13.8 Å². The number of benzene rings is 2. The lowest BCUT2D eigenvalue weighted by atomic mass is 10.2. The standard InChI is InChI=1S/C18H14ClN5O2/c1-9-3-5-12(11(19)7-9)20-17(25)15-22-16-18(26)21-13-8-10(2)4-6-14(13)24(16)23-15/h3-8H,1-2H3,(H,20,25)(H,21,26). The first-order chi connectivity index (χ1) is 12.4. The highest BCUT2D eigenvalue weighted by molar-refractivity contribution is 6.34. The van der Waals surface area contributed by atoms with Crippen LogP contribution < -0.4 is 10.9 Å². The Bertz CT molecular complexity index is 1240. The molecule has 0 aliphatic rings. The van der Waals surface area contributed by atoms with Gasteiger partial charge in [0.15, 0.2) is 0 Å². The largest absolute Gasteiger partial charge is 0.318 e. The Morgan fingerprint density at radius 2 is 1.88 bits per heavy atom. The van der Waals surface area contributed by atoms with E-state index >= 15 is 0 Å². The number of hydrogen-bond acceptors (Lipinski definition) is 4. The number of aromatic nitrogens is 4. The fourth-order valence-corrected chi connectivity index (χ4v) is 3.02. The van der Waals surface area contributed by atoms with Crippen LogP contribution in [0.2, 0.25) is 5.02 Å². The second kappa shape index (κ2) is 5.96. The molecular formula is C18H14ClN5O2. The van der Waals surface area contributed by atoms with Crippen LogP contribution in [0.1, 0.15) is 21.7 Å². The monoisotopic (exact) mass is 367 g/mol. The first-order valence-corrected chi connectivity index (χ1v) is 8.27. The number of amides is 1. The number of nitrogens with one attached hydrogen (secondary N) is 2. The molecule has 4 aromatic rings. The average Bonchev–Trinajstić information content (AvgIpc) is 3.03. The quantitative estimate of drug-likeness (QED) is 0.569. The number of fused-ring (bicyclic) bond motifs is 3. The predicted octanol–water partition coefficient (Wildman–Crippen LogP) is 3.09. The van der Waals surface area contributed by atoms with Crippen LogP contribution in [0.25, 0.3) is 16.7 Å². The third-order valence-electron chi connectivity index (χ3n) is 4.01. The lowest BCUT2D eigenvalue weighted by Gasteiger charge is -2.05. The van der Waals surface area contributed by atoms with Gasteiger partial charge in [0.1, 0.15) is 0 Å². The van der Waals surface area contributed by atoms with Crippen molar-refractivity contribution < 1.29 is 4.79 Å². The van der Waals surface area contributed by atoms with Gasteiger partial charge in [-0.1, -0.05) is 23.7 Å². The lowest BCUT2D eigenvalue weighted by Crippen LogP contribution is -2.14. The minimum absolute atomic E-state index is 0.0570. The lowest BCUT2D eigenvalue weighted by molar-refractivity contribution is 0.101. The maximum Gasteiger partial charge on any atom is 0.295 e. The SMILES string of the molecule is Cc1ccc(NC(=O)c2nc3c(=O)[nH]c4cc(C)ccc4n3n2)c(Cl)c1. The molecule has 4 rings (SSSR count). The van der Waals surface area contributed by atoms with Crippen molar-refractivity contribution in [3.63, 3.8) is 0 Å². The molecule has 2 aromatic carbocycles. The highest BCUT2D eigenvalue weighted by Crippen LogP contribution is 2.23. The fourth-order valence-electron chi connectivity index (χ4n) is 2.74. The molecule has 0 fully saturated rings. The zero-order valence-electron chi connectivity index (χ0n) is 14.0. The van der Waals surface area contributed by atoms with Gasteiger partial charge in [-0.15, -0.1) is 5.10 Å². The van der Waals surface area contributed by atoms with E-state index in [0.717, 1.165) is 11.1 Å². The highest BCUT2D eigenvalue weighted by atomic mass is 35.5. The Kier molecular flexibility index (Phi) is 3.73. The van der Waals surface area contributed by atoms with Crippen LogP contribution in [0, 0.1) is 13.8 Å². The third-order valence-corrected chi connectivity index (χ3v) is 4.33. The van der Waals surface area contributed by atoms with Crippen LogP contribution in [0.3, 0.4) is 0 Å². The molecule has 0 radical (unpaired) electrons. The first-order valence-electron chi connectivity index (χ1n) is 7.89. The summed E-state index contributed by atoms with van der Waals surface area (Å²) >= 11 is 6.14. The molecular weight excluding hydrogens is 354 g/mol. The summed E-state index contributed by atoms with van der Waals surface area (Å²) in [5.74, 6) is -0.653. The maximum absolute atomic E-state index is 12.5. The van der Waals surface area contributed by atoms with Gasteiger partial charge in [0.2, 0.25) is 11.5 Å². The topological polar surface area (TPSA) is 92.1 Å². The molecule has 26 heavy (non-hydrogen) atoms. The zero-order chi connectivity index (χ0) is 18.4. The molecule has 2 aromatic heterocycles. The second-order valence-electron chi connectivity index (χ2n) is 6.08. The van der Waals surface area contributed by atoms with Crippen LogP contribution in [0.5, 0.6) is 0 Å². The zero-order valence-corrected chi connectivity index (χ0v) is 14.8. The number of rotatable bonds is 2. The number of hydrogen-bond donors (Lipinski definition) is 2. The molecule has 0 aliphatic heterocycles. The van der Waals surface area contributed by atoms with Crippen molar-refractivity contribution in [1.82, 2.24) is 19.6 Å². The molecule has 130 valence electrons. The molecule has 0 saturated carbocycles. The van der Waals surface area contributed by atoms with Crippen LogP contribution in [0.15, 0.2) is 41.2 Å². The van der Waals surface area contributed by atoms with Crippen molar-refractivity contribution in [2.24, 2.45) is 0 Å². The van der Waals surface area contributed by atoms with E-state index in [0.29, 0.717) is 21.7 Å². The fraction of sp³-hybridized carbons (Fsp3) is 0.111. The van der Waals surface area contributed by atoms with Crippen LogP contribution in [0.4, 0.5) is 5.69 Å². The van der Waals surface area contributed by atoms with Gasteiger partial charge in [-0.25, -0.2) is 4.52 Å². The molecule has 1 amide bonds. The van der Waals surface area contributed by atoms with Gasteiger partial charge in [-0.05, 0) is 49.2 Å². The van der Waals surface area contributed by atoms with Crippen LogP contribution in [-0.4, -0.2) is 25.5 Å². The molecule has 2 N–H and O–H groups in total. The van der Waals surface area contributed by atoms with E-state index in [1.165, 1.54) is 4.52 Å². The van der Waals surface area contributed by atoms with E-state index in [2.05, 4.69) is 20.4 Å². The van der Waals surface area contributed by atoms with Gasteiger partial charge in [0, 0.05) is 0 Å². The van der Waals surface area contributed by atoms with Crippen molar-refractivity contribution >= 4 is 39.9 Å². The minimum atomic E-state index is -0.542. The van der Waals surface area contributed by atoms with Crippen molar-refractivity contribution in [3.05, 3.63) is 68.7 Å². The number of aryl methyl sites for hydroxylation is 2. The van der Waals surface area contributed by atoms with Crippen LogP contribution >= 0.6 is 11.6 Å². The smallest absolute Gasteiger partial charge is 0.295 e. The van der Waals surface area contributed by atoms with Gasteiger partial charge in [0.25, 0.3) is 11.5 Å². The Labute approximate surface area is 152 Å². The summed E-state index contributed by atoms with van der Waals surface area (Å²) in [6.07, 6.45) is 0. The summed E-state index contributed by atoms with van der Waals surface area (Å²) in [4.78, 5) is 31.6. The van der Waals surface area contributed by atoms with Gasteiger partial charge >= 0.3 is 0 Å². The first kappa shape index (κ1) is 16.3. The van der Waals surface area contributed by atoms with Gasteiger partial charge in [-0.2, -0.15) is 4.98 Å². The molecule has 0 spiro atoms. The summed E-state index contributed by atoms with van der Waals surface area (Å²) in [6, 6.07) is 10.8. The summed E-state index contributed by atoms with van der Waals surface area (Å²) < 4.78 is 1.37. The predicted molar refractivity (Wildman–Crippen MR) is 100.0 cm³/mol. The van der Waals surface area contributed by atoms with Gasteiger partial charge in [-0.3, -0.25) is 9.59 Å². The van der Waals surface area contributed by atoms with Crippen molar-refractivity contribution in [2.75, 3.05) is 5.32 Å². The van der Waals surface area contributed by atoms with E-state index in [-0.39, 0.29) is 11.5 Å². The number of halogens is 1. The molecule has 0 unspecified atom stereocenters. The van der Waals surface area contributed by atoms with E-state index < -0.39 is 11.5 Å². The Hall–Kier alpha value is -3.19. The van der Waals surface area contributed by atoms with Gasteiger partial charge < -0.3 is 10.3 Å². The molecule has 8 heteroatoms. The molecule has 0 bridgehead atoms. The minimum Gasteiger partial charge on any atom is -0.318 e. The van der Waals surface area contributed by atoms with E-state index in [1.54, 1.807) is 12.1 Å². The number of carbonyl (C=O) groups is 1. The average molecular weight is 368 g/mol.